The molecule has 8 rings (SSSR count). The molecule has 2 heterocycles. The molecule has 50 heavy (non-hydrogen) atoms. The molecule has 3 aliphatic rings. The zero-order valence-electron chi connectivity index (χ0n) is 27.7. The van der Waals surface area contributed by atoms with Gasteiger partial charge in [-0.05, 0) is 58.2 Å². The molecular formula is C39H38FN5O4S. The van der Waals surface area contributed by atoms with E-state index in [1.165, 1.54) is 6.20 Å². The maximum Gasteiger partial charge on any atom is 0.354 e. The number of hydrogen-bond donors (Lipinski definition) is 2. The van der Waals surface area contributed by atoms with Crippen molar-refractivity contribution in [1.82, 2.24) is 14.5 Å². The van der Waals surface area contributed by atoms with Crippen LogP contribution in [0.15, 0.2) is 113 Å². The number of fused-ring (bicyclic) bond motifs is 3. The van der Waals surface area contributed by atoms with Crippen molar-refractivity contribution >= 4 is 21.6 Å². The summed E-state index contributed by atoms with van der Waals surface area (Å²) in [6.07, 6.45) is 3.22. The van der Waals surface area contributed by atoms with Crippen LogP contribution in [0.4, 0.5) is 14.9 Å². The van der Waals surface area contributed by atoms with Gasteiger partial charge >= 0.3 is 6.03 Å². The van der Waals surface area contributed by atoms with Gasteiger partial charge < -0.3 is 14.8 Å². The van der Waals surface area contributed by atoms with Crippen LogP contribution in [0.3, 0.4) is 0 Å². The highest BCUT2D eigenvalue weighted by molar-refractivity contribution is 7.92. The molecule has 5 aromatic rings. The molecule has 0 saturated heterocycles. The second kappa shape index (κ2) is 13.1. The minimum atomic E-state index is -3.91. The molecule has 2 amide bonds. The lowest BCUT2D eigenvalue weighted by atomic mass is 9.78. The second-order valence-electron chi connectivity index (χ2n) is 13.1. The molecule has 2 aliphatic carbocycles. The van der Waals surface area contributed by atoms with Gasteiger partial charge in [-0.3, -0.25) is 0 Å². The second-order valence-corrected chi connectivity index (χ2v) is 15.0. The molecule has 256 valence electrons. The number of ether oxygens (including phenoxy) is 2. The predicted octanol–water partition coefficient (Wildman–Crippen LogP) is 6.77. The Kier molecular flexibility index (Phi) is 8.50. The number of alkyl halides is 1. The summed E-state index contributed by atoms with van der Waals surface area (Å²) >= 11 is 0. The molecule has 0 bridgehead atoms. The Morgan fingerprint density at radius 1 is 0.960 bits per heavy atom. The van der Waals surface area contributed by atoms with E-state index in [1.54, 1.807) is 11.8 Å². The average Bonchev–Trinajstić information content (AvgIpc) is 3.93. The standard InChI is InChI=1S/C39H38FN5O4S/c1-48-25-32-24-45-37(49-32)35(23-41-45)50(47,43-38(46)42-36-33-19-11-12-26(33)20-27-21-31(40)22-34(27)36)44-39(28-13-5-2-6-14-28,29-15-7-3-8-16-29)30-17-9-4-10-18-30/h2-10,13-18,20,23,31-32H,11-12,19,21-22,24-25H2,1H3,(H2,42,43,44,46,47)/t31-,32-,50?/m1/s1. The Bertz CT molecular complexity index is 2070. The van der Waals surface area contributed by atoms with Crippen LogP contribution in [-0.4, -0.2) is 46.0 Å². The van der Waals surface area contributed by atoms with Crippen LogP contribution in [0, 0.1) is 0 Å². The van der Waals surface area contributed by atoms with Gasteiger partial charge in [-0.2, -0.15) is 5.10 Å². The molecule has 0 fully saturated rings. The SMILES string of the molecule is COC[C@H]1Cn2ncc(S(=O)(=NC(=O)Nc3c4c(cc5c3C[C@H](F)C5)CCC4)NC(c3ccccc3)(c3ccccc3)c3ccccc3)c2O1. The van der Waals surface area contributed by atoms with Gasteiger partial charge in [-0.1, -0.05) is 97.1 Å². The Morgan fingerprint density at radius 3 is 2.22 bits per heavy atom. The van der Waals surface area contributed by atoms with E-state index in [4.69, 9.17) is 9.47 Å². The molecule has 9 nitrogen and oxygen atoms in total. The Hall–Kier alpha value is -4.84. The van der Waals surface area contributed by atoms with Crippen LogP contribution in [-0.2, 0) is 52.4 Å². The van der Waals surface area contributed by atoms with Crippen LogP contribution < -0.4 is 14.8 Å². The van der Waals surface area contributed by atoms with E-state index in [2.05, 4.69) is 25.6 Å². The maximum absolute atomic E-state index is 16.0. The van der Waals surface area contributed by atoms with E-state index in [9.17, 15) is 9.18 Å². The number of methoxy groups -OCH3 is 1. The van der Waals surface area contributed by atoms with Crippen molar-refractivity contribution in [3.05, 3.63) is 142 Å². The van der Waals surface area contributed by atoms with Gasteiger partial charge in [0.25, 0.3) is 0 Å². The average molecular weight is 692 g/mol. The number of urea groups is 1. The van der Waals surface area contributed by atoms with Crippen molar-refractivity contribution in [3.8, 4) is 5.88 Å². The van der Waals surface area contributed by atoms with Gasteiger partial charge in [-0.15, -0.1) is 4.36 Å². The van der Waals surface area contributed by atoms with Gasteiger partial charge in [-0.25, -0.2) is 22.8 Å². The Labute approximate surface area is 291 Å². The lowest BCUT2D eigenvalue weighted by Gasteiger charge is -2.37. The molecule has 4 aromatic carbocycles. The maximum atomic E-state index is 16.0. The first-order valence-corrected chi connectivity index (χ1v) is 18.4. The van der Waals surface area contributed by atoms with Crippen molar-refractivity contribution in [2.24, 2.45) is 4.36 Å². The van der Waals surface area contributed by atoms with E-state index in [1.807, 2.05) is 91.0 Å². The number of aromatic nitrogens is 2. The van der Waals surface area contributed by atoms with Gasteiger partial charge in [0.1, 0.15) is 22.7 Å². The number of benzene rings is 4. The normalized spacial score (nSPS) is 18.8. The van der Waals surface area contributed by atoms with Gasteiger partial charge in [0, 0.05) is 25.6 Å². The summed E-state index contributed by atoms with van der Waals surface area (Å²) in [6.45, 7) is 0.690. The highest BCUT2D eigenvalue weighted by Gasteiger charge is 2.43. The molecule has 1 aromatic heterocycles. The number of anilines is 1. The summed E-state index contributed by atoms with van der Waals surface area (Å²) in [7, 11) is -2.32. The predicted molar refractivity (Wildman–Crippen MR) is 189 cm³/mol. The highest BCUT2D eigenvalue weighted by Crippen LogP contribution is 2.42. The number of hydrogen-bond acceptors (Lipinski definition) is 5. The van der Waals surface area contributed by atoms with Crippen LogP contribution >= 0.6 is 0 Å². The minimum absolute atomic E-state index is 0.144. The fourth-order valence-electron chi connectivity index (χ4n) is 7.73. The molecule has 0 saturated carbocycles. The molecular weight excluding hydrogens is 654 g/mol. The van der Waals surface area contributed by atoms with Crippen molar-refractivity contribution in [1.29, 1.82) is 0 Å². The zero-order valence-corrected chi connectivity index (χ0v) is 28.5. The van der Waals surface area contributed by atoms with Gasteiger partial charge in [0.05, 0.1) is 19.3 Å². The first-order valence-electron chi connectivity index (χ1n) is 16.9. The van der Waals surface area contributed by atoms with E-state index < -0.39 is 27.7 Å². The fourth-order valence-corrected chi connectivity index (χ4v) is 9.61. The molecule has 0 spiro atoms. The van der Waals surface area contributed by atoms with Crippen molar-refractivity contribution in [2.45, 2.75) is 61.4 Å². The summed E-state index contributed by atoms with van der Waals surface area (Å²) in [6, 6.07) is 30.4. The first-order chi connectivity index (χ1) is 24.4. The summed E-state index contributed by atoms with van der Waals surface area (Å²) in [5.74, 6) is 0.256. The van der Waals surface area contributed by atoms with Crippen molar-refractivity contribution in [3.63, 3.8) is 0 Å². The quantitative estimate of drug-likeness (QED) is 0.166. The minimum Gasteiger partial charge on any atom is -0.469 e. The van der Waals surface area contributed by atoms with Crippen LogP contribution in [0.2, 0.25) is 0 Å². The third-order valence-corrected chi connectivity index (χ3v) is 11.8. The fraction of sp³-hybridized carbons (Fsp3) is 0.282. The molecule has 11 heteroatoms. The van der Waals surface area contributed by atoms with Crippen LogP contribution in [0.1, 0.15) is 45.4 Å². The molecule has 3 atom stereocenters. The van der Waals surface area contributed by atoms with E-state index >= 15 is 4.21 Å². The van der Waals surface area contributed by atoms with Gasteiger partial charge in [0.15, 0.2) is 9.92 Å². The number of carbonyl (C=O) groups excluding carboxylic acids is 1. The summed E-state index contributed by atoms with van der Waals surface area (Å²) < 4.78 is 51.9. The summed E-state index contributed by atoms with van der Waals surface area (Å²) in [5.41, 5.74) is 5.55. The Balaban J connectivity index is 1.32. The van der Waals surface area contributed by atoms with Crippen LogP contribution in [0.5, 0.6) is 5.88 Å². The van der Waals surface area contributed by atoms with Crippen LogP contribution in [0.25, 0.3) is 0 Å². The largest absolute Gasteiger partial charge is 0.469 e. The lowest BCUT2D eigenvalue weighted by molar-refractivity contribution is 0.0920. The third kappa shape index (κ3) is 5.69. The number of nitrogens with zero attached hydrogens (tertiary/aromatic N) is 3. The lowest BCUT2D eigenvalue weighted by Crippen LogP contribution is -2.48. The number of halogens is 1. The topological polar surface area (TPSA) is 107 Å². The number of aryl methyl sites for hydroxylation is 1. The molecule has 1 aliphatic heterocycles. The summed E-state index contributed by atoms with van der Waals surface area (Å²) in [5, 5.41) is 7.52. The number of carbonyl (C=O) groups is 1. The Morgan fingerprint density at radius 2 is 1.60 bits per heavy atom. The highest BCUT2D eigenvalue weighted by atomic mass is 32.2. The third-order valence-electron chi connectivity index (χ3n) is 9.89. The van der Waals surface area contributed by atoms with Crippen molar-refractivity contribution in [2.75, 3.05) is 19.0 Å². The molecule has 2 N–H and O–H groups in total. The smallest absolute Gasteiger partial charge is 0.354 e. The monoisotopic (exact) mass is 691 g/mol. The summed E-state index contributed by atoms with van der Waals surface area (Å²) in [4.78, 5) is 14.4. The van der Waals surface area contributed by atoms with E-state index in [0.717, 1.165) is 58.2 Å². The van der Waals surface area contributed by atoms with Gasteiger partial charge in [0.2, 0.25) is 5.88 Å². The zero-order chi connectivity index (χ0) is 34.3. The van der Waals surface area contributed by atoms with Crippen molar-refractivity contribution < 1.29 is 22.9 Å². The van der Waals surface area contributed by atoms with E-state index in [0.29, 0.717) is 25.3 Å². The molecule has 0 radical (unpaired) electrons. The number of amides is 2. The van der Waals surface area contributed by atoms with E-state index in [-0.39, 0.29) is 23.3 Å². The number of rotatable bonds is 9. The first kappa shape index (κ1) is 32.4. The molecule has 1 unspecified atom stereocenters. The number of nitrogens with one attached hydrogen (secondary N) is 2.